The van der Waals surface area contributed by atoms with Crippen molar-refractivity contribution in [3.63, 3.8) is 0 Å². The predicted molar refractivity (Wildman–Crippen MR) is 48.6 cm³/mol. The molecule has 0 aliphatic carbocycles. The molecule has 0 bridgehead atoms. The van der Waals surface area contributed by atoms with Crippen molar-refractivity contribution in [2.45, 2.75) is 26.1 Å². The molecule has 0 saturated carbocycles. The van der Waals surface area contributed by atoms with Crippen LogP contribution in [0.3, 0.4) is 0 Å². The normalized spacial score (nSPS) is 12.7. The molecule has 0 fully saturated rings. The van der Waals surface area contributed by atoms with Crippen molar-refractivity contribution >= 4 is 11.9 Å². The quantitative estimate of drug-likeness (QED) is 0.394. The van der Waals surface area contributed by atoms with E-state index in [9.17, 15) is 9.59 Å². The van der Waals surface area contributed by atoms with E-state index in [1.165, 1.54) is 7.11 Å². The van der Waals surface area contributed by atoms with E-state index in [0.717, 1.165) is 18.6 Å². The van der Waals surface area contributed by atoms with Crippen LogP contribution in [0.25, 0.3) is 0 Å². The molecule has 0 saturated heterocycles. The average molecular weight is 202 g/mol. The van der Waals surface area contributed by atoms with Gasteiger partial charge in [0.2, 0.25) is 6.29 Å². The molecule has 0 radical (unpaired) electrons. The highest BCUT2D eigenvalue weighted by Gasteiger charge is 2.09. The van der Waals surface area contributed by atoms with Crippen LogP contribution in [0.1, 0.15) is 19.8 Å². The molecule has 0 aliphatic rings. The number of hydrogen-bond acceptors (Lipinski definition) is 4. The Hall–Kier alpha value is -1.36. The Morgan fingerprint density at radius 3 is 2.50 bits per heavy atom. The number of carboxylic acid groups (broad SMARTS) is 1. The lowest BCUT2D eigenvalue weighted by atomic mass is 10.3. The first-order valence-corrected chi connectivity index (χ1v) is 4.24. The third-order valence-corrected chi connectivity index (χ3v) is 1.40. The zero-order chi connectivity index (χ0) is 11.0. The maximum Gasteiger partial charge on any atom is 0.333 e. The van der Waals surface area contributed by atoms with Gasteiger partial charge in [0.1, 0.15) is 0 Å². The lowest BCUT2D eigenvalue weighted by Crippen LogP contribution is -2.18. The van der Waals surface area contributed by atoms with Gasteiger partial charge < -0.3 is 14.6 Å². The third kappa shape index (κ3) is 6.19. The SMILES string of the molecule is CCCC(OC)OC(=O)/C=C\C(=O)O. The number of ether oxygens (including phenoxy) is 2. The van der Waals surface area contributed by atoms with Gasteiger partial charge in [-0.1, -0.05) is 13.3 Å². The second-order valence-corrected chi connectivity index (χ2v) is 2.56. The summed E-state index contributed by atoms with van der Waals surface area (Å²) in [4.78, 5) is 21.0. The number of hydrogen-bond donors (Lipinski definition) is 1. The molecule has 0 aliphatic heterocycles. The van der Waals surface area contributed by atoms with Crippen LogP contribution in [0.2, 0.25) is 0 Å². The summed E-state index contributed by atoms with van der Waals surface area (Å²) >= 11 is 0. The summed E-state index contributed by atoms with van der Waals surface area (Å²) in [5.41, 5.74) is 0. The van der Waals surface area contributed by atoms with Crippen LogP contribution >= 0.6 is 0 Å². The van der Waals surface area contributed by atoms with Crippen molar-refractivity contribution in [2.24, 2.45) is 0 Å². The summed E-state index contributed by atoms with van der Waals surface area (Å²) in [6, 6.07) is 0. The number of carboxylic acids is 1. The minimum Gasteiger partial charge on any atom is -0.478 e. The van der Waals surface area contributed by atoms with Crippen LogP contribution in [-0.4, -0.2) is 30.4 Å². The van der Waals surface area contributed by atoms with Gasteiger partial charge in [0.05, 0.1) is 0 Å². The Balaban J connectivity index is 3.96. The number of rotatable bonds is 6. The summed E-state index contributed by atoms with van der Waals surface area (Å²) in [7, 11) is 1.43. The first-order valence-electron chi connectivity index (χ1n) is 4.24. The van der Waals surface area contributed by atoms with Crippen LogP contribution in [-0.2, 0) is 19.1 Å². The minimum atomic E-state index is -1.19. The largest absolute Gasteiger partial charge is 0.478 e. The van der Waals surface area contributed by atoms with Crippen molar-refractivity contribution < 1.29 is 24.2 Å². The lowest BCUT2D eigenvalue weighted by Gasteiger charge is -2.13. The molecule has 0 spiro atoms. The predicted octanol–water partition coefficient (Wildman–Crippen LogP) is 0.943. The fraction of sp³-hybridized carbons (Fsp3) is 0.556. The van der Waals surface area contributed by atoms with Crippen molar-refractivity contribution in [3.8, 4) is 0 Å². The van der Waals surface area contributed by atoms with Crippen molar-refractivity contribution in [3.05, 3.63) is 12.2 Å². The van der Waals surface area contributed by atoms with E-state index in [4.69, 9.17) is 14.6 Å². The number of esters is 1. The Morgan fingerprint density at radius 2 is 2.07 bits per heavy atom. The smallest absolute Gasteiger partial charge is 0.333 e. The molecule has 0 heterocycles. The average Bonchev–Trinajstić information content (AvgIpc) is 2.14. The minimum absolute atomic E-state index is 0.586. The van der Waals surface area contributed by atoms with E-state index >= 15 is 0 Å². The van der Waals surface area contributed by atoms with Gasteiger partial charge >= 0.3 is 11.9 Å². The number of carbonyl (C=O) groups is 2. The maximum atomic E-state index is 10.9. The van der Waals surface area contributed by atoms with Gasteiger partial charge in [-0.05, 0) is 0 Å². The Bertz CT molecular complexity index is 221. The third-order valence-electron chi connectivity index (χ3n) is 1.40. The van der Waals surface area contributed by atoms with Crippen LogP contribution in [0.5, 0.6) is 0 Å². The number of carbonyl (C=O) groups excluding carboxylic acids is 1. The van der Waals surface area contributed by atoms with Crippen molar-refractivity contribution in [1.82, 2.24) is 0 Å². The monoisotopic (exact) mass is 202 g/mol. The lowest BCUT2D eigenvalue weighted by molar-refractivity contribution is -0.168. The van der Waals surface area contributed by atoms with Gasteiger partial charge in [0.25, 0.3) is 0 Å². The first-order chi connectivity index (χ1) is 6.60. The Morgan fingerprint density at radius 1 is 1.43 bits per heavy atom. The molecule has 0 amide bonds. The topological polar surface area (TPSA) is 72.8 Å². The summed E-state index contributed by atoms with van der Waals surface area (Å²) in [6.45, 7) is 1.92. The van der Waals surface area contributed by atoms with E-state index in [1.54, 1.807) is 0 Å². The zero-order valence-electron chi connectivity index (χ0n) is 8.23. The highest BCUT2D eigenvalue weighted by Crippen LogP contribution is 2.03. The van der Waals surface area contributed by atoms with Crippen LogP contribution < -0.4 is 0 Å². The first kappa shape index (κ1) is 12.6. The van der Waals surface area contributed by atoms with E-state index < -0.39 is 18.2 Å². The standard InChI is InChI=1S/C9H14O5/c1-3-4-9(13-2)14-8(12)6-5-7(10)11/h5-6,9H,3-4H2,1-2H3,(H,10,11)/b6-5-. The molecular weight excluding hydrogens is 188 g/mol. The molecule has 1 N–H and O–H groups in total. The molecule has 1 atom stereocenters. The summed E-state index contributed by atoms with van der Waals surface area (Å²) in [5, 5.41) is 8.23. The van der Waals surface area contributed by atoms with Crippen LogP contribution in [0, 0.1) is 0 Å². The molecule has 0 aromatic carbocycles. The molecule has 0 rings (SSSR count). The van der Waals surface area contributed by atoms with E-state index in [2.05, 4.69) is 0 Å². The van der Waals surface area contributed by atoms with Gasteiger partial charge in [-0.3, -0.25) is 0 Å². The summed E-state index contributed by atoms with van der Waals surface area (Å²) < 4.78 is 9.62. The van der Waals surface area contributed by atoms with Crippen molar-refractivity contribution in [2.75, 3.05) is 7.11 Å². The van der Waals surface area contributed by atoms with Gasteiger partial charge in [-0.2, -0.15) is 0 Å². The molecule has 0 aromatic heterocycles. The van der Waals surface area contributed by atoms with Gasteiger partial charge in [0, 0.05) is 25.7 Å². The zero-order valence-corrected chi connectivity index (χ0v) is 8.23. The second-order valence-electron chi connectivity index (χ2n) is 2.56. The van der Waals surface area contributed by atoms with E-state index in [0.29, 0.717) is 6.42 Å². The van der Waals surface area contributed by atoms with E-state index in [-0.39, 0.29) is 0 Å². The Kier molecular flexibility index (Phi) is 6.39. The van der Waals surface area contributed by atoms with E-state index in [1.807, 2.05) is 6.92 Å². The summed E-state index contributed by atoms with van der Waals surface area (Å²) in [5.74, 6) is -1.90. The number of methoxy groups -OCH3 is 1. The fourth-order valence-electron chi connectivity index (χ4n) is 0.769. The number of aliphatic carboxylic acids is 1. The van der Waals surface area contributed by atoms with Gasteiger partial charge in [0.15, 0.2) is 0 Å². The summed E-state index contributed by atoms with van der Waals surface area (Å²) in [6.07, 6.45) is 2.37. The molecular formula is C9H14O5. The van der Waals surface area contributed by atoms with Crippen LogP contribution in [0.4, 0.5) is 0 Å². The molecule has 5 heteroatoms. The van der Waals surface area contributed by atoms with Crippen LogP contribution in [0.15, 0.2) is 12.2 Å². The molecule has 14 heavy (non-hydrogen) atoms. The molecule has 0 aromatic rings. The Labute approximate surface area is 82.3 Å². The second kappa shape index (κ2) is 7.08. The maximum absolute atomic E-state index is 10.9. The van der Waals surface area contributed by atoms with Crippen molar-refractivity contribution in [1.29, 1.82) is 0 Å². The van der Waals surface area contributed by atoms with Gasteiger partial charge in [-0.15, -0.1) is 0 Å². The molecule has 5 nitrogen and oxygen atoms in total. The molecule has 80 valence electrons. The molecule has 1 unspecified atom stereocenters. The fourth-order valence-corrected chi connectivity index (χ4v) is 0.769. The highest BCUT2D eigenvalue weighted by atomic mass is 16.7. The highest BCUT2D eigenvalue weighted by molar-refractivity contribution is 5.90. The van der Waals surface area contributed by atoms with Gasteiger partial charge in [-0.25, -0.2) is 9.59 Å².